The first kappa shape index (κ1) is 15.6. The largest absolute Gasteiger partial charge is 1.00 e. The summed E-state index contributed by atoms with van der Waals surface area (Å²) >= 11 is 0. The molecule has 1 nitrogen and oxygen atoms in total. The van der Waals surface area contributed by atoms with E-state index in [1.807, 2.05) is 25.1 Å². The molecule has 0 bridgehead atoms. The zero-order valence-electron chi connectivity index (χ0n) is 8.92. The molecule has 13 heavy (non-hydrogen) atoms. The van der Waals surface area contributed by atoms with Gasteiger partial charge in [-0.3, -0.25) is 0 Å². The van der Waals surface area contributed by atoms with Gasteiger partial charge in [-0.2, -0.15) is 0 Å². The van der Waals surface area contributed by atoms with Crippen LogP contribution in [-0.2, 0) is 0 Å². The van der Waals surface area contributed by atoms with Crippen LogP contribution in [0.1, 0.15) is 25.3 Å². The van der Waals surface area contributed by atoms with E-state index in [4.69, 9.17) is 0 Å². The average molecular weight is 188 g/mol. The van der Waals surface area contributed by atoms with E-state index in [1.54, 1.807) is 0 Å². The fraction of sp³-hybridized carbons (Fsp3) is 0.455. The van der Waals surface area contributed by atoms with E-state index in [0.717, 1.165) is 12.8 Å². The Hall–Kier alpha value is 0.180. The van der Waals surface area contributed by atoms with Gasteiger partial charge in [-0.15, -0.1) is 6.61 Å². The molecule has 0 spiro atoms. The van der Waals surface area contributed by atoms with Crippen molar-refractivity contribution in [2.24, 2.45) is 0 Å². The molecule has 2 heteroatoms. The SMILES string of the molecule is CCCC[O-].Cc1ccccc1.[Na+]. The van der Waals surface area contributed by atoms with Gasteiger partial charge in [-0.25, -0.2) is 0 Å². The molecule has 0 heterocycles. The van der Waals surface area contributed by atoms with Crippen LogP contribution < -0.4 is 34.7 Å². The van der Waals surface area contributed by atoms with Crippen LogP contribution in [0.5, 0.6) is 0 Å². The van der Waals surface area contributed by atoms with E-state index >= 15 is 0 Å². The first-order valence-electron chi connectivity index (χ1n) is 4.41. The first-order valence-corrected chi connectivity index (χ1v) is 4.41. The molecule has 0 aliphatic rings. The van der Waals surface area contributed by atoms with E-state index in [0.29, 0.717) is 0 Å². The Balaban J connectivity index is 0. The topological polar surface area (TPSA) is 23.1 Å². The Morgan fingerprint density at radius 1 is 1.15 bits per heavy atom. The van der Waals surface area contributed by atoms with Crippen molar-refractivity contribution in [2.45, 2.75) is 26.7 Å². The fourth-order valence-corrected chi connectivity index (χ4v) is 0.679. The molecular formula is C11H17NaO. The van der Waals surface area contributed by atoms with Crippen molar-refractivity contribution >= 4 is 0 Å². The van der Waals surface area contributed by atoms with Crippen LogP contribution in [0.2, 0.25) is 0 Å². The molecule has 0 saturated heterocycles. The number of rotatable bonds is 2. The maximum atomic E-state index is 9.53. The molecular weight excluding hydrogens is 171 g/mol. The maximum Gasteiger partial charge on any atom is 1.00 e. The molecule has 0 aliphatic heterocycles. The van der Waals surface area contributed by atoms with Crippen LogP contribution in [0.3, 0.4) is 0 Å². The van der Waals surface area contributed by atoms with Gasteiger partial charge in [-0.05, 0) is 6.92 Å². The third-order valence-electron chi connectivity index (χ3n) is 1.44. The summed E-state index contributed by atoms with van der Waals surface area (Å²) in [5, 5.41) is 9.53. The van der Waals surface area contributed by atoms with Crippen LogP contribution >= 0.6 is 0 Å². The molecule has 1 rings (SSSR count). The van der Waals surface area contributed by atoms with Crippen molar-refractivity contribution in [1.29, 1.82) is 0 Å². The summed E-state index contributed by atoms with van der Waals surface area (Å²) in [6.07, 6.45) is 1.86. The molecule has 0 fully saturated rings. The van der Waals surface area contributed by atoms with E-state index in [-0.39, 0.29) is 36.2 Å². The molecule has 0 radical (unpaired) electrons. The van der Waals surface area contributed by atoms with Crippen LogP contribution in [-0.4, -0.2) is 6.61 Å². The molecule has 0 amide bonds. The summed E-state index contributed by atoms with van der Waals surface area (Å²) in [7, 11) is 0. The number of aryl methyl sites for hydroxylation is 1. The zero-order valence-corrected chi connectivity index (χ0v) is 10.9. The van der Waals surface area contributed by atoms with Gasteiger partial charge in [0.15, 0.2) is 0 Å². The van der Waals surface area contributed by atoms with Gasteiger partial charge in [0, 0.05) is 0 Å². The maximum absolute atomic E-state index is 9.53. The molecule has 1 aromatic carbocycles. The van der Waals surface area contributed by atoms with Crippen LogP contribution in [0.25, 0.3) is 0 Å². The van der Waals surface area contributed by atoms with Crippen molar-refractivity contribution in [1.82, 2.24) is 0 Å². The summed E-state index contributed by atoms with van der Waals surface area (Å²) in [5.74, 6) is 0. The smallest absolute Gasteiger partial charge is 0.854 e. The summed E-state index contributed by atoms with van der Waals surface area (Å²) < 4.78 is 0. The Morgan fingerprint density at radius 3 is 1.85 bits per heavy atom. The number of hydrogen-bond acceptors (Lipinski definition) is 1. The summed E-state index contributed by atoms with van der Waals surface area (Å²) in [6, 6.07) is 10.3. The summed E-state index contributed by atoms with van der Waals surface area (Å²) in [6.45, 7) is 4.19. The minimum atomic E-state index is 0. The van der Waals surface area contributed by atoms with Gasteiger partial charge in [-0.1, -0.05) is 55.7 Å². The van der Waals surface area contributed by atoms with Crippen LogP contribution in [0, 0.1) is 6.92 Å². The van der Waals surface area contributed by atoms with Crippen LogP contribution in [0.4, 0.5) is 0 Å². The van der Waals surface area contributed by atoms with Gasteiger partial charge < -0.3 is 5.11 Å². The normalized spacial score (nSPS) is 7.92. The van der Waals surface area contributed by atoms with Gasteiger partial charge >= 0.3 is 29.6 Å². The van der Waals surface area contributed by atoms with Gasteiger partial charge in [0.05, 0.1) is 0 Å². The number of benzene rings is 1. The van der Waals surface area contributed by atoms with E-state index < -0.39 is 0 Å². The molecule has 0 atom stereocenters. The fourth-order valence-electron chi connectivity index (χ4n) is 0.679. The van der Waals surface area contributed by atoms with E-state index in [2.05, 4.69) is 19.1 Å². The predicted molar refractivity (Wildman–Crippen MR) is 51.0 cm³/mol. The van der Waals surface area contributed by atoms with Crippen molar-refractivity contribution in [3.63, 3.8) is 0 Å². The number of unbranched alkanes of at least 4 members (excludes halogenated alkanes) is 1. The van der Waals surface area contributed by atoms with E-state index in [9.17, 15) is 5.11 Å². The van der Waals surface area contributed by atoms with Gasteiger partial charge in [0.25, 0.3) is 0 Å². The first-order chi connectivity index (χ1) is 5.81. The average Bonchev–Trinajstić information content (AvgIpc) is 2.08. The van der Waals surface area contributed by atoms with E-state index in [1.165, 1.54) is 5.56 Å². The Kier molecular flexibility index (Phi) is 14.7. The van der Waals surface area contributed by atoms with Gasteiger partial charge in [0.2, 0.25) is 0 Å². The minimum absolute atomic E-state index is 0. The molecule has 68 valence electrons. The summed E-state index contributed by atoms with van der Waals surface area (Å²) in [4.78, 5) is 0. The van der Waals surface area contributed by atoms with Crippen molar-refractivity contribution in [3.8, 4) is 0 Å². The molecule has 0 aliphatic carbocycles. The van der Waals surface area contributed by atoms with Crippen LogP contribution in [0.15, 0.2) is 30.3 Å². The van der Waals surface area contributed by atoms with Crippen molar-refractivity contribution < 1.29 is 34.7 Å². The second-order valence-corrected chi connectivity index (χ2v) is 2.71. The van der Waals surface area contributed by atoms with Crippen molar-refractivity contribution in [3.05, 3.63) is 35.9 Å². The van der Waals surface area contributed by atoms with Gasteiger partial charge in [0.1, 0.15) is 0 Å². The third kappa shape index (κ3) is 12.2. The Morgan fingerprint density at radius 2 is 1.69 bits per heavy atom. The Labute approximate surface area is 103 Å². The second-order valence-electron chi connectivity index (χ2n) is 2.71. The second kappa shape index (κ2) is 12.2. The van der Waals surface area contributed by atoms with Crippen molar-refractivity contribution in [2.75, 3.05) is 6.61 Å². The minimum Gasteiger partial charge on any atom is -0.854 e. The molecule has 0 saturated carbocycles. The number of hydrogen-bond donors (Lipinski definition) is 0. The molecule has 0 unspecified atom stereocenters. The standard InChI is InChI=1S/C7H8.C4H9O.Na/c1-7-5-3-2-4-6-7;1-2-3-4-5;/h2-6H,1H3;2-4H2,1H3;/q;-1;+1. The Bertz CT molecular complexity index is 173. The quantitative estimate of drug-likeness (QED) is 0.554. The predicted octanol–water partition coefficient (Wildman–Crippen LogP) is -0.854. The third-order valence-corrected chi connectivity index (χ3v) is 1.44. The summed E-state index contributed by atoms with van der Waals surface area (Å²) in [5.41, 5.74) is 1.32. The monoisotopic (exact) mass is 188 g/mol. The molecule has 0 N–H and O–H groups in total. The molecule has 1 aromatic rings. The zero-order chi connectivity index (χ0) is 9.23. The molecule has 0 aromatic heterocycles.